The molecular formula is C26H31F3N5OP. The molecule has 0 bridgehead atoms. The minimum atomic E-state index is -4.66. The number of nitrogens with zero attached hydrogens (tertiary/aromatic N) is 3. The van der Waals surface area contributed by atoms with E-state index >= 15 is 0 Å². The molecule has 2 heterocycles. The fraction of sp³-hybridized carbons (Fsp3) is 0.500. The zero-order valence-electron chi connectivity index (χ0n) is 20.9. The van der Waals surface area contributed by atoms with Crippen molar-refractivity contribution >= 4 is 29.3 Å². The molecule has 0 spiro atoms. The van der Waals surface area contributed by atoms with E-state index in [1.807, 2.05) is 6.07 Å². The maximum absolute atomic E-state index is 14.0. The Morgan fingerprint density at radius 1 is 1.22 bits per heavy atom. The van der Waals surface area contributed by atoms with E-state index in [2.05, 4.69) is 34.1 Å². The first-order chi connectivity index (χ1) is 16.9. The predicted octanol–water partition coefficient (Wildman–Crippen LogP) is 6.64. The largest absolute Gasteiger partial charge is 0.419 e. The van der Waals surface area contributed by atoms with Crippen molar-refractivity contribution in [3.8, 4) is 17.3 Å². The van der Waals surface area contributed by atoms with E-state index in [9.17, 15) is 23.0 Å². The van der Waals surface area contributed by atoms with E-state index < -0.39 is 18.9 Å². The van der Waals surface area contributed by atoms with Gasteiger partial charge in [-0.25, -0.2) is 9.97 Å². The molecule has 6 nitrogen and oxygen atoms in total. The number of H-pyrrole nitrogens is 1. The molecule has 3 atom stereocenters. The van der Waals surface area contributed by atoms with Crippen LogP contribution >= 0.6 is 7.14 Å². The minimum Gasteiger partial charge on any atom is -0.360 e. The van der Waals surface area contributed by atoms with Crippen LogP contribution in [0.3, 0.4) is 0 Å². The highest BCUT2D eigenvalue weighted by Crippen LogP contribution is 2.43. The van der Waals surface area contributed by atoms with Gasteiger partial charge in [0.25, 0.3) is 0 Å². The van der Waals surface area contributed by atoms with Gasteiger partial charge in [0.05, 0.1) is 28.1 Å². The Balaban J connectivity index is 1.77. The molecule has 192 valence electrons. The van der Waals surface area contributed by atoms with Crippen LogP contribution in [0.15, 0.2) is 24.5 Å². The van der Waals surface area contributed by atoms with Crippen molar-refractivity contribution in [3.63, 3.8) is 0 Å². The molecule has 0 amide bonds. The monoisotopic (exact) mass is 517 g/mol. The Bertz CT molecular complexity index is 1350. The smallest absolute Gasteiger partial charge is 0.360 e. The van der Waals surface area contributed by atoms with Crippen LogP contribution in [-0.2, 0) is 10.7 Å². The van der Waals surface area contributed by atoms with Crippen molar-refractivity contribution in [1.82, 2.24) is 15.0 Å². The Kier molecular flexibility index (Phi) is 7.21. The minimum absolute atomic E-state index is 0.141. The summed E-state index contributed by atoms with van der Waals surface area (Å²) in [6.45, 7) is 8.15. The molecule has 0 aliphatic heterocycles. The number of rotatable bonds is 5. The number of fused-ring (bicyclic) bond motifs is 1. The Morgan fingerprint density at radius 2 is 1.94 bits per heavy atom. The molecule has 1 fully saturated rings. The second-order valence-corrected chi connectivity index (χ2v) is 13.4. The van der Waals surface area contributed by atoms with E-state index in [0.29, 0.717) is 40.5 Å². The summed E-state index contributed by atoms with van der Waals surface area (Å²) in [7, 11) is -2.91. The number of nitriles is 1. The molecule has 1 aromatic carbocycles. The number of anilines is 1. The summed E-state index contributed by atoms with van der Waals surface area (Å²) in [5.74, 6) is 1.62. The van der Waals surface area contributed by atoms with Crippen molar-refractivity contribution in [3.05, 3.63) is 35.7 Å². The first-order valence-electron chi connectivity index (χ1n) is 12.2. The summed E-state index contributed by atoms with van der Waals surface area (Å²) in [6, 6.07) is 5.11. The van der Waals surface area contributed by atoms with Crippen molar-refractivity contribution < 1.29 is 17.7 Å². The van der Waals surface area contributed by atoms with Crippen LogP contribution in [0.4, 0.5) is 19.1 Å². The van der Waals surface area contributed by atoms with Crippen molar-refractivity contribution in [2.24, 2.45) is 17.8 Å². The van der Waals surface area contributed by atoms with Gasteiger partial charge in [0, 0.05) is 29.9 Å². The molecular weight excluding hydrogens is 486 g/mol. The van der Waals surface area contributed by atoms with Crippen molar-refractivity contribution in [1.29, 1.82) is 5.26 Å². The van der Waals surface area contributed by atoms with E-state index in [4.69, 9.17) is 0 Å². The first-order valence-corrected chi connectivity index (χ1v) is 14.8. The lowest BCUT2D eigenvalue weighted by molar-refractivity contribution is -0.137. The lowest BCUT2D eigenvalue weighted by Gasteiger charge is -2.26. The second-order valence-electron chi connectivity index (χ2n) is 10.3. The van der Waals surface area contributed by atoms with Gasteiger partial charge in [-0.2, -0.15) is 18.4 Å². The van der Waals surface area contributed by atoms with Crippen LogP contribution in [0.1, 0.15) is 50.7 Å². The number of aromatic amines is 1. The Hall–Kier alpha value is -2.85. The van der Waals surface area contributed by atoms with E-state index in [-0.39, 0.29) is 22.8 Å². The summed E-state index contributed by atoms with van der Waals surface area (Å²) in [5.41, 5.74) is -0.367. The highest BCUT2D eigenvalue weighted by atomic mass is 31.2. The van der Waals surface area contributed by atoms with Crippen molar-refractivity contribution in [2.75, 3.05) is 25.2 Å². The maximum Gasteiger partial charge on any atom is 0.419 e. The summed E-state index contributed by atoms with van der Waals surface area (Å²) in [4.78, 5) is 11.3. The Labute approximate surface area is 209 Å². The third-order valence-corrected chi connectivity index (χ3v) is 9.03. The molecule has 2 N–H and O–H groups in total. The van der Waals surface area contributed by atoms with Gasteiger partial charge in [-0.3, -0.25) is 0 Å². The average molecular weight is 518 g/mol. The topological polar surface area (TPSA) is 94.5 Å². The molecule has 4 rings (SSSR count). The van der Waals surface area contributed by atoms with Gasteiger partial charge in [0.15, 0.2) is 0 Å². The standard InChI is InChI=1S/C26H31F3N5OP/c1-15-7-5-6-8-18(16(15)2)12-32-25-33-14-21(26(27,28)29)22(34-25)20-13-31-23-19(20)10-9-17(11-30)24(23)36(3,4)35/h9-10,13-16,18,31H,5-8,12H2,1-4H3,(H,32,33,34)/t15-,16?,18+/m1/s1. The number of aromatic nitrogens is 3. The molecule has 3 aromatic rings. The zero-order chi connectivity index (χ0) is 26.3. The summed E-state index contributed by atoms with van der Waals surface area (Å²) in [5, 5.41) is 13.4. The summed E-state index contributed by atoms with van der Waals surface area (Å²) < 4.78 is 54.9. The number of alkyl halides is 3. The van der Waals surface area contributed by atoms with Gasteiger partial charge in [-0.05, 0) is 43.6 Å². The Morgan fingerprint density at radius 3 is 2.61 bits per heavy atom. The second kappa shape index (κ2) is 9.89. The van der Waals surface area contributed by atoms with Crippen LogP contribution in [0.2, 0.25) is 0 Å². The third kappa shape index (κ3) is 5.15. The van der Waals surface area contributed by atoms with Gasteiger partial charge in [0.2, 0.25) is 5.95 Å². The first kappa shape index (κ1) is 26.2. The van der Waals surface area contributed by atoms with Crippen molar-refractivity contribution in [2.45, 2.75) is 45.7 Å². The van der Waals surface area contributed by atoms with Gasteiger partial charge in [-0.15, -0.1) is 0 Å². The number of hydrogen-bond donors (Lipinski definition) is 2. The van der Waals surface area contributed by atoms with Gasteiger partial charge in [-0.1, -0.05) is 39.2 Å². The molecule has 2 aromatic heterocycles. The molecule has 1 unspecified atom stereocenters. The fourth-order valence-electron chi connectivity index (χ4n) is 5.28. The van der Waals surface area contributed by atoms with Crippen LogP contribution in [0.25, 0.3) is 22.2 Å². The molecule has 1 aliphatic carbocycles. The molecule has 1 aliphatic rings. The number of nitrogens with one attached hydrogen (secondary N) is 2. The summed E-state index contributed by atoms with van der Waals surface area (Å²) in [6.07, 6.45) is 2.17. The predicted molar refractivity (Wildman–Crippen MR) is 137 cm³/mol. The number of halogens is 3. The fourth-order valence-corrected chi connectivity index (χ4v) is 6.71. The number of benzene rings is 1. The van der Waals surface area contributed by atoms with Gasteiger partial charge >= 0.3 is 6.18 Å². The van der Waals surface area contributed by atoms with E-state index in [1.54, 1.807) is 6.07 Å². The van der Waals surface area contributed by atoms with Crippen LogP contribution in [0, 0.1) is 29.1 Å². The lowest BCUT2D eigenvalue weighted by atomic mass is 9.83. The lowest BCUT2D eigenvalue weighted by Crippen LogP contribution is -2.25. The number of hydrogen-bond acceptors (Lipinski definition) is 5. The van der Waals surface area contributed by atoms with Gasteiger partial charge < -0.3 is 14.9 Å². The highest BCUT2D eigenvalue weighted by molar-refractivity contribution is 7.70. The normalized spacial score (nSPS) is 21.2. The van der Waals surface area contributed by atoms with Crippen LogP contribution < -0.4 is 10.6 Å². The SMILES string of the molecule is CC1[C@H](CNc2ncc(C(F)(F)F)c(-c3c[nH]c4c(P(C)(C)=O)c(C#N)ccc34)n2)CCCC[C@H]1C. The van der Waals surface area contributed by atoms with Crippen LogP contribution in [-0.4, -0.2) is 34.8 Å². The van der Waals surface area contributed by atoms with E-state index in [0.717, 1.165) is 19.0 Å². The van der Waals surface area contributed by atoms with E-state index in [1.165, 1.54) is 38.4 Å². The van der Waals surface area contributed by atoms with Gasteiger partial charge in [0.1, 0.15) is 12.7 Å². The quantitative estimate of drug-likeness (QED) is 0.292. The summed E-state index contributed by atoms with van der Waals surface area (Å²) >= 11 is 0. The zero-order valence-corrected chi connectivity index (χ0v) is 21.8. The maximum atomic E-state index is 14.0. The molecule has 36 heavy (non-hydrogen) atoms. The molecule has 10 heteroatoms. The third-order valence-electron chi connectivity index (χ3n) is 7.49. The average Bonchev–Trinajstić information content (AvgIpc) is 3.17. The highest BCUT2D eigenvalue weighted by Gasteiger charge is 2.36. The molecule has 1 saturated carbocycles. The molecule has 0 radical (unpaired) electrons. The van der Waals surface area contributed by atoms with Crippen LogP contribution in [0.5, 0.6) is 0 Å². The molecule has 0 saturated heterocycles.